The Hall–Kier alpha value is -0.920. The summed E-state index contributed by atoms with van der Waals surface area (Å²) in [5.41, 5.74) is 0. The summed E-state index contributed by atoms with van der Waals surface area (Å²) >= 11 is 3.28. The van der Waals surface area contributed by atoms with Gasteiger partial charge >= 0.3 is 0 Å². The van der Waals surface area contributed by atoms with E-state index in [4.69, 9.17) is 0 Å². The van der Waals surface area contributed by atoms with E-state index < -0.39 is 14.6 Å². The number of carbonyl (C=O) groups is 1. The number of hydrogen-bond acceptors (Lipinski definition) is 4. The molecule has 0 bridgehead atoms. The Bertz CT molecular complexity index is 622. The van der Waals surface area contributed by atoms with Gasteiger partial charge in [-0.25, -0.2) is 8.42 Å². The Morgan fingerprint density at radius 2 is 1.90 bits per heavy atom. The summed E-state index contributed by atoms with van der Waals surface area (Å²) in [5, 5.41) is 5.76. The number of carbonyl (C=O) groups excluding carboxylic acids is 1. The molecule has 1 fully saturated rings. The van der Waals surface area contributed by atoms with Crippen LogP contribution in [0.5, 0.6) is 0 Å². The molecule has 21 heavy (non-hydrogen) atoms. The standard InChI is InChI=1S/C14H19BrN2O3S/c1-14(2,9-17-13(18)10-7-16-8-10)21(19,20)12-5-3-11(15)4-6-12/h3-6,10,16H,7-9H2,1-2H3,(H,17,18). The molecule has 0 aliphatic carbocycles. The second kappa shape index (κ2) is 6.06. The van der Waals surface area contributed by atoms with E-state index in [1.165, 1.54) is 0 Å². The van der Waals surface area contributed by atoms with Crippen LogP contribution in [-0.2, 0) is 14.6 Å². The van der Waals surface area contributed by atoms with E-state index >= 15 is 0 Å². The third-order valence-corrected chi connectivity index (χ3v) is 6.71. The lowest BCUT2D eigenvalue weighted by atomic mass is 10.0. The smallest absolute Gasteiger partial charge is 0.225 e. The molecule has 5 nitrogen and oxygen atoms in total. The summed E-state index contributed by atoms with van der Waals surface area (Å²) in [5.74, 6) is -0.135. The Morgan fingerprint density at radius 3 is 2.38 bits per heavy atom. The van der Waals surface area contributed by atoms with Crippen LogP contribution in [0.25, 0.3) is 0 Å². The zero-order valence-corrected chi connectivity index (χ0v) is 14.4. The van der Waals surface area contributed by atoms with Crippen molar-refractivity contribution in [2.75, 3.05) is 19.6 Å². The molecule has 1 aliphatic heterocycles. The first kappa shape index (κ1) is 16.5. The van der Waals surface area contributed by atoms with Crippen LogP contribution in [0.15, 0.2) is 33.6 Å². The molecule has 0 atom stereocenters. The minimum atomic E-state index is -3.52. The van der Waals surface area contributed by atoms with Crippen LogP contribution in [0.1, 0.15) is 13.8 Å². The van der Waals surface area contributed by atoms with Gasteiger partial charge in [-0.15, -0.1) is 0 Å². The summed E-state index contributed by atoms with van der Waals surface area (Å²) in [4.78, 5) is 12.1. The first-order chi connectivity index (χ1) is 9.74. The minimum Gasteiger partial charge on any atom is -0.354 e. The lowest BCUT2D eigenvalue weighted by Gasteiger charge is -2.29. The molecule has 1 aliphatic rings. The van der Waals surface area contributed by atoms with Crippen molar-refractivity contribution in [1.82, 2.24) is 10.6 Å². The third kappa shape index (κ3) is 3.46. The molecule has 0 aromatic heterocycles. The topological polar surface area (TPSA) is 75.3 Å². The Balaban J connectivity index is 2.09. The van der Waals surface area contributed by atoms with E-state index in [9.17, 15) is 13.2 Å². The second-order valence-electron chi connectivity index (χ2n) is 5.79. The zero-order chi connectivity index (χ0) is 15.7. The molecule has 0 unspecified atom stereocenters. The molecule has 1 amide bonds. The number of rotatable bonds is 5. The molecule has 2 rings (SSSR count). The fourth-order valence-corrected chi connectivity index (χ4v) is 3.61. The van der Waals surface area contributed by atoms with Gasteiger partial charge in [0.05, 0.1) is 15.6 Å². The largest absolute Gasteiger partial charge is 0.354 e. The van der Waals surface area contributed by atoms with Crippen molar-refractivity contribution in [3.8, 4) is 0 Å². The molecule has 0 radical (unpaired) electrons. The van der Waals surface area contributed by atoms with Gasteiger partial charge in [0.15, 0.2) is 9.84 Å². The van der Waals surface area contributed by atoms with Crippen LogP contribution in [-0.4, -0.2) is 38.7 Å². The molecule has 7 heteroatoms. The highest BCUT2D eigenvalue weighted by Gasteiger charge is 2.37. The van der Waals surface area contributed by atoms with Crippen molar-refractivity contribution in [3.05, 3.63) is 28.7 Å². The van der Waals surface area contributed by atoms with Crippen molar-refractivity contribution < 1.29 is 13.2 Å². The van der Waals surface area contributed by atoms with E-state index in [1.54, 1.807) is 38.1 Å². The normalized spacial score (nSPS) is 16.3. The second-order valence-corrected chi connectivity index (χ2v) is 9.29. The number of benzene rings is 1. The van der Waals surface area contributed by atoms with Crippen LogP contribution in [0.2, 0.25) is 0 Å². The van der Waals surface area contributed by atoms with Crippen LogP contribution in [0.3, 0.4) is 0 Å². The molecular formula is C14H19BrN2O3S. The minimum absolute atomic E-state index is 0.0452. The number of nitrogens with one attached hydrogen (secondary N) is 2. The maximum absolute atomic E-state index is 12.7. The van der Waals surface area contributed by atoms with Crippen molar-refractivity contribution in [3.63, 3.8) is 0 Å². The molecule has 1 heterocycles. The molecular weight excluding hydrogens is 356 g/mol. The zero-order valence-electron chi connectivity index (χ0n) is 12.0. The molecule has 1 aromatic rings. The highest BCUT2D eigenvalue weighted by atomic mass is 79.9. The van der Waals surface area contributed by atoms with E-state index in [-0.39, 0.29) is 23.3 Å². The van der Waals surface area contributed by atoms with Gasteiger partial charge in [-0.2, -0.15) is 0 Å². The molecule has 0 saturated carbocycles. The van der Waals surface area contributed by atoms with Crippen LogP contribution in [0, 0.1) is 5.92 Å². The molecule has 0 spiro atoms. The van der Waals surface area contributed by atoms with E-state index in [0.717, 1.165) is 4.47 Å². The van der Waals surface area contributed by atoms with Gasteiger partial charge in [-0.05, 0) is 38.1 Å². The number of sulfone groups is 1. The Morgan fingerprint density at radius 1 is 1.33 bits per heavy atom. The highest BCUT2D eigenvalue weighted by molar-refractivity contribution is 9.10. The monoisotopic (exact) mass is 374 g/mol. The van der Waals surface area contributed by atoms with Crippen molar-refractivity contribution >= 4 is 31.7 Å². The van der Waals surface area contributed by atoms with E-state index in [1.807, 2.05) is 0 Å². The summed E-state index contributed by atoms with van der Waals surface area (Å²) in [6.45, 7) is 4.67. The molecule has 2 N–H and O–H groups in total. The van der Waals surface area contributed by atoms with Crippen LogP contribution < -0.4 is 10.6 Å². The van der Waals surface area contributed by atoms with Gasteiger partial charge in [0, 0.05) is 24.1 Å². The Kier molecular flexibility index (Phi) is 4.75. The van der Waals surface area contributed by atoms with Crippen LogP contribution >= 0.6 is 15.9 Å². The fourth-order valence-electron chi connectivity index (χ4n) is 1.95. The summed E-state index contributed by atoms with van der Waals surface area (Å²) in [7, 11) is -3.52. The highest BCUT2D eigenvalue weighted by Crippen LogP contribution is 2.26. The predicted octanol–water partition coefficient (Wildman–Crippen LogP) is 1.34. The van der Waals surface area contributed by atoms with E-state index in [0.29, 0.717) is 13.1 Å². The number of amides is 1. The molecule has 116 valence electrons. The van der Waals surface area contributed by atoms with Gasteiger partial charge in [-0.1, -0.05) is 15.9 Å². The van der Waals surface area contributed by atoms with Gasteiger partial charge in [0.25, 0.3) is 0 Å². The Labute approximate surface area is 133 Å². The van der Waals surface area contributed by atoms with Crippen molar-refractivity contribution in [2.45, 2.75) is 23.5 Å². The average molecular weight is 375 g/mol. The predicted molar refractivity (Wildman–Crippen MR) is 84.8 cm³/mol. The fraction of sp³-hybridized carbons (Fsp3) is 0.500. The SMILES string of the molecule is CC(C)(CNC(=O)C1CNC1)S(=O)(=O)c1ccc(Br)cc1. The summed E-state index contributed by atoms with van der Waals surface area (Å²) in [6.07, 6.45) is 0. The van der Waals surface area contributed by atoms with Gasteiger partial charge in [0.2, 0.25) is 5.91 Å². The van der Waals surface area contributed by atoms with E-state index in [2.05, 4.69) is 26.6 Å². The maximum atomic E-state index is 12.7. The number of hydrogen-bond donors (Lipinski definition) is 2. The summed E-state index contributed by atoms with van der Waals surface area (Å²) < 4.78 is 25.1. The number of halogens is 1. The van der Waals surface area contributed by atoms with Crippen molar-refractivity contribution in [2.24, 2.45) is 5.92 Å². The maximum Gasteiger partial charge on any atom is 0.225 e. The van der Waals surface area contributed by atoms with Crippen LogP contribution in [0.4, 0.5) is 0 Å². The van der Waals surface area contributed by atoms with Gasteiger partial charge in [-0.3, -0.25) is 4.79 Å². The quantitative estimate of drug-likeness (QED) is 0.815. The first-order valence-electron chi connectivity index (χ1n) is 6.73. The van der Waals surface area contributed by atoms with Gasteiger partial charge < -0.3 is 10.6 Å². The summed E-state index contributed by atoms with van der Waals surface area (Å²) in [6, 6.07) is 6.53. The third-order valence-electron chi connectivity index (χ3n) is 3.69. The average Bonchev–Trinajstić information content (AvgIpc) is 2.35. The lowest BCUT2D eigenvalue weighted by molar-refractivity contribution is -0.126. The lowest BCUT2D eigenvalue weighted by Crippen LogP contribution is -2.53. The first-order valence-corrected chi connectivity index (χ1v) is 9.00. The molecule has 1 aromatic carbocycles. The van der Waals surface area contributed by atoms with Gasteiger partial charge in [0.1, 0.15) is 0 Å². The molecule has 1 saturated heterocycles. The van der Waals surface area contributed by atoms with Crippen molar-refractivity contribution in [1.29, 1.82) is 0 Å².